The van der Waals surface area contributed by atoms with Crippen molar-refractivity contribution in [1.82, 2.24) is 0 Å². The lowest BCUT2D eigenvalue weighted by Crippen LogP contribution is -2.30. The Morgan fingerprint density at radius 3 is 0.858 bits per heavy atom. The Kier molecular flexibility index (Phi) is 74.3. The molecule has 0 spiro atoms. The van der Waals surface area contributed by atoms with Gasteiger partial charge in [-0.2, -0.15) is 0 Å². The summed E-state index contributed by atoms with van der Waals surface area (Å²) < 4.78 is 68.5. The number of phosphoric ester groups is 2. The molecule has 0 rings (SSSR count). The van der Waals surface area contributed by atoms with Crippen LogP contribution in [0.5, 0.6) is 0 Å². The van der Waals surface area contributed by atoms with Crippen LogP contribution < -0.4 is 0 Å². The van der Waals surface area contributed by atoms with Crippen molar-refractivity contribution in [3.05, 3.63) is 146 Å². The second kappa shape index (κ2) is 78.1. The highest BCUT2D eigenvalue weighted by molar-refractivity contribution is 7.47. The van der Waals surface area contributed by atoms with E-state index < -0.39 is 97.5 Å². The first-order chi connectivity index (χ1) is 51.7. The molecule has 0 aliphatic heterocycles. The number of aliphatic hydroxyl groups excluding tert-OH is 1. The lowest BCUT2D eigenvalue weighted by atomic mass is 10.1. The van der Waals surface area contributed by atoms with Crippen molar-refractivity contribution in [3.8, 4) is 0 Å². The topological polar surface area (TPSA) is 237 Å². The van der Waals surface area contributed by atoms with E-state index in [1.165, 1.54) is 83.5 Å². The van der Waals surface area contributed by atoms with E-state index in [2.05, 4.69) is 155 Å². The largest absolute Gasteiger partial charge is 0.472 e. The van der Waals surface area contributed by atoms with Gasteiger partial charge in [0.1, 0.15) is 19.3 Å². The number of hydrogen-bond donors (Lipinski definition) is 3. The van der Waals surface area contributed by atoms with Gasteiger partial charge in [0.2, 0.25) is 0 Å². The van der Waals surface area contributed by atoms with Gasteiger partial charge in [-0.1, -0.05) is 283 Å². The molecule has 5 atom stereocenters. The minimum Gasteiger partial charge on any atom is -0.462 e. The van der Waals surface area contributed by atoms with Crippen molar-refractivity contribution >= 4 is 39.5 Å². The molecule has 606 valence electrons. The maximum absolute atomic E-state index is 13.1. The van der Waals surface area contributed by atoms with Gasteiger partial charge in [-0.15, -0.1) is 0 Å². The van der Waals surface area contributed by atoms with Gasteiger partial charge in [-0.05, 0) is 161 Å². The van der Waals surface area contributed by atoms with Crippen molar-refractivity contribution in [1.29, 1.82) is 0 Å². The molecule has 0 saturated heterocycles. The summed E-state index contributed by atoms with van der Waals surface area (Å²) in [5.41, 5.74) is 0. The summed E-state index contributed by atoms with van der Waals surface area (Å²) in [5, 5.41) is 10.6. The van der Waals surface area contributed by atoms with E-state index in [0.29, 0.717) is 32.1 Å². The summed E-state index contributed by atoms with van der Waals surface area (Å²) in [7, 11) is -10.0. The second-order valence-corrected chi connectivity index (χ2v) is 29.9. The number of allylic oxidation sites excluding steroid dienone is 24. The van der Waals surface area contributed by atoms with Crippen LogP contribution in [-0.2, 0) is 65.4 Å². The summed E-state index contributed by atoms with van der Waals surface area (Å²) >= 11 is 0. The summed E-state index contributed by atoms with van der Waals surface area (Å²) in [4.78, 5) is 73.0. The normalized spacial score (nSPS) is 14.6. The van der Waals surface area contributed by atoms with Crippen molar-refractivity contribution < 1.29 is 80.2 Å². The minimum atomic E-state index is -5.01. The van der Waals surface area contributed by atoms with Crippen LogP contribution in [0.2, 0.25) is 0 Å². The standard InChI is InChI=1S/C87H146O17P2/c1-5-9-13-17-21-25-29-33-36-38-40-42-45-49-52-56-60-64-68-72-85(90)98-78-83(104-87(92)74-70-66-62-58-54-50-46-43-41-39-37-34-30-26-22-18-14-10-6-2)80-102-106(95,96)100-76-81(88)75-99-105(93,94)101-79-82(103-86(91)73-69-65-61-57-53-47-32-28-24-20-16-12-8-4)77-97-84(89)71-67-63-59-55-51-48-44-35-31-27-23-19-15-11-7-3/h9,13,21-22,25-26,28,32-37,40-44,49-50,52,54,62,66,81-83,88H,5-8,10-12,14-20,23-24,27,29-31,38-39,45-48,51,53,55-61,63-65,67-80H2,1-4H3,(H,93,94)(H,95,96)/b13-9-,25-21-,26-22-,32-28-,36-33-,37-34-,42-40-,43-41-,44-35-,52-49-,54-50-,66-62-/t81-,82+,83+/m0/s1. The first kappa shape index (κ1) is 101. The Hall–Kier alpha value is -5.06. The number of carbonyl (C=O) groups excluding carboxylic acids is 4. The second-order valence-electron chi connectivity index (χ2n) is 27.0. The smallest absolute Gasteiger partial charge is 0.462 e. The fourth-order valence-electron chi connectivity index (χ4n) is 10.5. The van der Waals surface area contributed by atoms with Gasteiger partial charge < -0.3 is 33.8 Å². The van der Waals surface area contributed by atoms with Crippen LogP contribution in [0.1, 0.15) is 323 Å². The molecule has 106 heavy (non-hydrogen) atoms. The Labute approximate surface area is 643 Å². The first-order valence-electron chi connectivity index (χ1n) is 41.1. The average Bonchev–Trinajstić information content (AvgIpc) is 0.903. The molecule has 0 amide bonds. The van der Waals surface area contributed by atoms with E-state index in [9.17, 15) is 43.2 Å². The highest BCUT2D eigenvalue weighted by Crippen LogP contribution is 2.45. The summed E-state index contributed by atoms with van der Waals surface area (Å²) in [5.74, 6) is -2.33. The number of unbranched alkanes of at least 4 members (excludes halogenated alkanes) is 26. The van der Waals surface area contributed by atoms with Crippen LogP contribution in [0.25, 0.3) is 0 Å². The lowest BCUT2D eigenvalue weighted by molar-refractivity contribution is -0.161. The Bertz CT molecular complexity index is 2580. The van der Waals surface area contributed by atoms with Crippen molar-refractivity contribution in [3.63, 3.8) is 0 Å². The Morgan fingerprint density at radius 2 is 0.509 bits per heavy atom. The minimum absolute atomic E-state index is 0.0407. The van der Waals surface area contributed by atoms with Crippen molar-refractivity contribution in [2.45, 2.75) is 341 Å². The number of aliphatic hydroxyl groups is 1. The van der Waals surface area contributed by atoms with Crippen LogP contribution >= 0.6 is 15.6 Å². The molecule has 0 saturated carbocycles. The van der Waals surface area contributed by atoms with Crippen LogP contribution in [0, 0.1) is 0 Å². The quantitative estimate of drug-likeness (QED) is 0.0169. The van der Waals surface area contributed by atoms with Crippen LogP contribution in [0.15, 0.2) is 146 Å². The Morgan fingerprint density at radius 1 is 0.274 bits per heavy atom. The molecule has 0 aromatic heterocycles. The highest BCUT2D eigenvalue weighted by atomic mass is 31.2. The van der Waals surface area contributed by atoms with Gasteiger partial charge in [0.25, 0.3) is 0 Å². The molecule has 0 aromatic carbocycles. The number of carbonyl (C=O) groups is 4. The average molecular weight is 1530 g/mol. The molecule has 0 aromatic rings. The zero-order valence-corrected chi connectivity index (χ0v) is 68.1. The van der Waals surface area contributed by atoms with E-state index >= 15 is 0 Å². The zero-order valence-electron chi connectivity index (χ0n) is 66.3. The third kappa shape index (κ3) is 77.1. The molecule has 0 radical (unpaired) electrons. The van der Waals surface area contributed by atoms with Gasteiger partial charge in [0.05, 0.1) is 26.4 Å². The molecule has 0 fully saturated rings. The van der Waals surface area contributed by atoms with Crippen LogP contribution in [0.3, 0.4) is 0 Å². The molecule has 0 aliphatic rings. The lowest BCUT2D eigenvalue weighted by Gasteiger charge is -2.21. The third-order valence-corrected chi connectivity index (χ3v) is 18.7. The van der Waals surface area contributed by atoms with Gasteiger partial charge >= 0.3 is 39.5 Å². The zero-order chi connectivity index (χ0) is 77.4. The van der Waals surface area contributed by atoms with Gasteiger partial charge in [-0.25, -0.2) is 9.13 Å². The summed E-state index contributed by atoms with van der Waals surface area (Å²) in [6, 6.07) is 0. The monoisotopic (exact) mass is 1530 g/mol. The predicted octanol–water partition coefficient (Wildman–Crippen LogP) is 24.2. The molecule has 17 nitrogen and oxygen atoms in total. The van der Waals surface area contributed by atoms with E-state index in [0.717, 1.165) is 154 Å². The maximum Gasteiger partial charge on any atom is 0.472 e. The van der Waals surface area contributed by atoms with Crippen LogP contribution in [-0.4, -0.2) is 96.7 Å². The number of phosphoric acid groups is 2. The molecule has 0 bridgehead atoms. The fraction of sp³-hybridized carbons (Fsp3) is 0.678. The summed E-state index contributed by atoms with van der Waals surface area (Å²) in [6.45, 7) is 4.58. The molecule has 0 aliphatic carbocycles. The number of rotatable bonds is 76. The van der Waals surface area contributed by atoms with E-state index in [-0.39, 0.29) is 25.7 Å². The molecule has 3 N–H and O–H groups in total. The van der Waals surface area contributed by atoms with Gasteiger partial charge in [0, 0.05) is 25.7 Å². The highest BCUT2D eigenvalue weighted by Gasteiger charge is 2.30. The maximum atomic E-state index is 13.1. The van der Waals surface area contributed by atoms with E-state index in [1.807, 2.05) is 18.2 Å². The molecule has 0 heterocycles. The predicted molar refractivity (Wildman–Crippen MR) is 436 cm³/mol. The Balaban J connectivity index is 5.48. The number of ether oxygens (including phenoxy) is 4. The van der Waals surface area contributed by atoms with Crippen molar-refractivity contribution in [2.75, 3.05) is 39.6 Å². The van der Waals surface area contributed by atoms with Gasteiger partial charge in [0.15, 0.2) is 12.2 Å². The fourth-order valence-corrected chi connectivity index (χ4v) is 12.1. The molecular formula is C87H146O17P2. The van der Waals surface area contributed by atoms with E-state index in [4.69, 9.17) is 37.0 Å². The number of esters is 4. The SMILES string of the molecule is CC/C=C\C/C=C\C/C=C\C/C=C\C/C=C\CCCCCC(=O)OC[C@H](COP(=O)(O)OC[C@@H](O)COP(=O)(O)OC[C@@H](COC(=O)CCCCCCC/C=C\CCCCCCCC)OC(=O)CCCCCCC/C=C\CCCCCC)OC(=O)CC/C=C\C/C=C\C/C=C\C/C=C\C/C=C\CCCCC. The van der Waals surface area contributed by atoms with Gasteiger partial charge in [-0.3, -0.25) is 37.3 Å². The number of hydrogen-bond acceptors (Lipinski definition) is 15. The molecular weight excluding hydrogens is 1380 g/mol. The summed E-state index contributed by atoms with van der Waals surface area (Å²) in [6.07, 6.45) is 89.8. The molecule has 19 heteroatoms. The van der Waals surface area contributed by atoms with Crippen molar-refractivity contribution in [2.24, 2.45) is 0 Å². The molecule has 2 unspecified atom stereocenters. The van der Waals surface area contributed by atoms with Crippen LogP contribution in [0.4, 0.5) is 0 Å². The third-order valence-electron chi connectivity index (χ3n) is 16.8. The first-order valence-corrected chi connectivity index (χ1v) is 44.1. The van der Waals surface area contributed by atoms with E-state index in [1.54, 1.807) is 0 Å².